The smallest absolute Gasteiger partial charge is 0.255 e. The van der Waals surface area contributed by atoms with Crippen LogP contribution in [-0.4, -0.2) is 67.8 Å². The molecule has 12 heteroatoms. The molecule has 4 rings (SSSR count). The van der Waals surface area contributed by atoms with Crippen LogP contribution in [0.25, 0.3) is 0 Å². The summed E-state index contributed by atoms with van der Waals surface area (Å²) in [4.78, 5) is 51.5. The van der Waals surface area contributed by atoms with Gasteiger partial charge in [0.2, 0.25) is 17.3 Å². The summed E-state index contributed by atoms with van der Waals surface area (Å²) in [6.07, 6.45) is 3.89. The van der Waals surface area contributed by atoms with Gasteiger partial charge < -0.3 is 19.9 Å². The lowest BCUT2D eigenvalue weighted by Gasteiger charge is -2.48. The second kappa shape index (κ2) is 10.4. The van der Waals surface area contributed by atoms with Gasteiger partial charge in [0.1, 0.15) is 5.82 Å². The first-order chi connectivity index (χ1) is 17.5. The third-order valence-corrected chi connectivity index (χ3v) is 6.12. The third-order valence-electron chi connectivity index (χ3n) is 6.12. The van der Waals surface area contributed by atoms with Crippen molar-refractivity contribution in [3.63, 3.8) is 0 Å². The van der Waals surface area contributed by atoms with Crippen LogP contribution in [0.15, 0.2) is 53.7 Å². The van der Waals surface area contributed by atoms with Gasteiger partial charge >= 0.3 is 0 Å². The summed E-state index contributed by atoms with van der Waals surface area (Å²) < 4.78 is 32.1. The molecule has 3 heterocycles. The molecular formula is C25H26F2N6O4. The number of carbonyl (C=O) groups excluding carboxylic acids is 2. The molecule has 3 aromatic rings. The predicted molar refractivity (Wildman–Crippen MR) is 130 cm³/mol. The van der Waals surface area contributed by atoms with Crippen LogP contribution < -0.4 is 15.6 Å². The van der Waals surface area contributed by atoms with Gasteiger partial charge in [-0.2, -0.15) is 0 Å². The van der Waals surface area contributed by atoms with Crippen molar-refractivity contribution in [3.05, 3.63) is 76.5 Å². The molecule has 1 saturated heterocycles. The molecule has 10 nitrogen and oxygen atoms in total. The van der Waals surface area contributed by atoms with E-state index in [-0.39, 0.29) is 34.8 Å². The molecule has 1 aromatic carbocycles. The Morgan fingerprint density at radius 1 is 1.14 bits per heavy atom. The number of hydrogen-bond donors (Lipinski definition) is 2. The highest BCUT2D eigenvalue weighted by Crippen LogP contribution is 2.26. The Bertz CT molecular complexity index is 1340. The second-order valence-electron chi connectivity index (χ2n) is 9.26. The van der Waals surface area contributed by atoms with Crippen LogP contribution in [-0.2, 0) is 4.79 Å². The Kier molecular flexibility index (Phi) is 7.30. The van der Waals surface area contributed by atoms with E-state index in [9.17, 15) is 23.2 Å². The van der Waals surface area contributed by atoms with Crippen LogP contribution in [0.5, 0.6) is 11.6 Å². The molecule has 194 valence electrons. The summed E-state index contributed by atoms with van der Waals surface area (Å²) in [7, 11) is 0. The molecule has 0 aliphatic carbocycles. The maximum Gasteiger partial charge on any atom is 0.255 e. The van der Waals surface area contributed by atoms with E-state index in [1.54, 1.807) is 11.8 Å². The first kappa shape index (κ1) is 25.9. The number of aromatic nitrogens is 3. The monoisotopic (exact) mass is 512 g/mol. The van der Waals surface area contributed by atoms with Gasteiger partial charge in [0.15, 0.2) is 17.4 Å². The van der Waals surface area contributed by atoms with Gasteiger partial charge in [0, 0.05) is 38.0 Å². The minimum absolute atomic E-state index is 0.0263. The van der Waals surface area contributed by atoms with Gasteiger partial charge in [-0.25, -0.2) is 18.7 Å². The number of nitrogens with zero attached hydrogens (tertiary/aromatic N) is 4. The van der Waals surface area contributed by atoms with E-state index in [0.29, 0.717) is 31.3 Å². The number of H-pyrrole nitrogens is 1. The first-order valence-electron chi connectivity index (χ1n) is 11.5. The maximum atomic E-state index is 13.8. The highest BCUT2D eigenvalue weighted by atomic mass is 19.1. The number of aromatic amines is 1. The Balaban J connectivity index is 1.35. The molecular weight excluding hydrogens is 486 g/mol. The minimum atomic E-state index is -0.878. The maximum absolute atomic E-state index is 13.8. The van der Waals surface area contributed by atoms with Crippen molar-refractivity contribution < 1.29 is 23.1 Å². The number of carbonyl (C=O) groups is 2. The van der Waals surface area contributed by atoms with Gasteiger partial charge in [0.25, 0.3) is 5.91 Å². The number of rotatable bonds is 6. The van der Waals surface area contributed by atoms with Crippen molar-refractivity contribution in [3.8, 4) is 11.6 Å². The summed E-state index contributed by atoms with van der Waals surface area (Å²) in [6.45, 7) is 6.90. The first-order valence-corrected chi connectivity index (χ1v) is 11.5. The highest BCUT2D eigenvalue weighted by molar-refractivity contribution is 5.95. The summed E-state index contributed by atoms with van der Waals surface area (Å²) in [6, 6.07) is 5.16. The van der Waals surface area contributed by atoms with Gasteiger partial charge in [-0.3, -0.25) is 19.3 Å². The fraction of sp³-hybridized carbons (Fsp3) is 0.320. The normalized spacial score (nSPS) is 16.2. The number of hydrogen-bond acceptors (Lipinski definition) is 7. The van der Waals surface area contributed by atoms with E-state index in [0.717, 1.165) is 12.1 Å². The van der Waals surface area contributed by atoms with E-state index in [1.807, 2.05) is 18.7 Å². The number of ether oxygens (including phenoxy) is 1. The number of anilines is 1. The van der Waals surface area contributed by atoms with Crippen LogP contribution in [0.2, 0.25) is 0 Å². The lowest BCUT2D eigenvalue weighted by molar-refractivity contribution is -0.122. The molecule has 2 N–H and O–H groups in total. The van der Waals surface area contributed by atoms with Crippen molar-refractivity contribution in [2.75, 3.05) is 25.0 Å². The highest BCUT2D eigenvalue weighted by Gasteiger charge is 2.39. The van der Waals surface area contributed by atoms with Gasteiger partial charge in [-0.05, 0) is 39.0 Å². The van der Waals surface area contributed by atoms with Crippen LogP contribution in [0, 0.1) is 11.6 Å². The zero-order valence-electron chi connectivity index (χ0n) is 20.5. The second-order valence-corrected chi connectivity index (χ2v) is 9.26. The topological polar surface area (TPSA) is 121 Å². The van der Waals surface area contributed by atoms with Gasteiger partial charge in [0.05, 0.1) is 29.5 Å². The van der Waals surface area contributed by atoms with Crippen LogP contribution in [0.4, 0.5) is 14.6 Å². The standard InChI is InChI=1S/C25H26F2N6O4/c1-15(32-8-9-33(25(2,3)14-32)24(36)16-4-7-21(34)29-11-16)23(35)31-20-12-30-22(13-28-20)37-19-6-5-17(26)10-18(19)27/h4-7,10-13,15H,8-9,14H2,1-3H3,(H,29,34)(H,28,31,35). The Hall–Kier alpha value is -4.19. The molecule has 1 unspecified atom stereocenters. The lowest BCUT2D eigenvalue weighted by atomic mass is 9.96. The molecule has 0 saturated carbocycles. The molecule has 0 radical (unpaired) electrons. The van der Waals surface area contributed by atoms with Crippen molar-refractivity contribution in [2.45, 2.75) is 32.4 Å². The van der Waals surface area contributed by atoms with E-state index in [1.165, 1.54) is 30.7 Å². The third kappa shape index (κ3) is 5.97. The van der Waals surface area contributed by atoms with Crippen molar-refractivity contribution in [1.29, 1.82) is 0 Å². The number of piperazine rings is 1. The van der Waals surface area contributed by atoms with E-state index < -0.39 is 23.2 Å². The zero-order valence-corrected chi connectivity index (χ0v) is 20.5. The van der Waals surface area contributed by atoms with Crippen LogP contribution >= 0.6 is 0 Å². The van der Waals surface area contributed by atoms with Gasteiger partial charge in [-0.1, -0.05) is 0 Å². The van der Waals surface area contributed by atoms with E-state index in [4.69, 9.17) is 4.74 Å². The SMILES string of the molecule is CC(C(=O)Nc1cnc(Oc2ccc(F)cc2F)cn1)N1CCN(C(=O)c2ccc(=O)[nH]c2)C(C)(C)C1. The minimum Gasteiger partial charge on any atom is -0.434 e. The molecule has 2 amide bonds. The molecule has 0 spiro atoms. The molecule has 1 aliphatic rings. The predicted octanol–water partition coefficient (Wildman–Crippen LogP) is 2.80. The van der Waals surface area contributed by atoms with E-state index in [2.05, 4.69) is 20.3 Å². The molecule has 1 aliphatic heterocycles. The average molecular weight is 513 g/mol. The van der Waals surface area contributed by atoms with E-state index >= 15 is 0 Å². The fourth-order valence-corrected chi connectivity index (χ4v) is 4.10. The van der Waals surface area contributed by atoms with Crippen molar-refractivity contribution >= 4 is 17.6 Å². The summed E-state index contributed by atoms with van der Waals surface area (Å²) in [5.41, 5.74) is -0.469. The number of nitrogens with one attached hydrogen (secondary N) is 2. The average Bonchev–Trinajstić information content (AvgIpc) is 2.86. The lowest BCUT2D eigenvalue weighted by Crippen LogP contribution is -2.63. The van der Waals surface area contributed by atoms with Crippen LogP contribution in [0.1, 0.15) is 31.1 Å². The molecule has 1 fully saturated rings. The largest absolute Gasteiger partial charge is 0.434 e. The summed E-state index contributed by atoms with van der Waals surface area (Å²) in [5.74, 6) is -2.18. The Morgan fingerprint density at radius 2 is 1.92 bits per heavy atom. The van der Waals surface area contributed by atoms with Crippen molar-refractivity contribution in [2.24, 2.45) is 0 Å². The zero-order chi connectivity index (χ0) is 26.7. The number of pyridine rings is 1. The fourth-order valence-electron chi connectivity index (χ4n) is 4.10. The summed E-state index contributed by atoms with van der Waals surface area (Å²) in [5, 5.41) is 2.69. The van der Waals surface area contributed by atoms with Crippen molar-refractivity contribution in [1.82, 2.24) is 24.8 Å². The Labute approximate surface area is 211 Å². The van der Waals surface area contributed by atoms with Crippen LogP contribution in [0.3, 0.4) is 0 Å². The summed E-state index contributed by atoms with van der Waals surface area (Å²) >= 11 is 0. The quantitative estimate of drug-likeness (QED) is 0.521. The molecule has 0 bridgehead atoms. The molecule has 2 aromatic heterocycles. The number of benzene rings is 1. The number of amides is 2. The number of halogens is 2. The van der Waals surface area contributed by atoms with Gasteiger partial charge in [-0.15, -0.1) is 0 Å². The molecule has 1 atom stereocenters. The molecule has 37 heavy (non-hydrogen) atoms. The Morgan fingerprint density at radius 3 is 2.54 bits per heavy atom.